The quantitative estimate of drug-likeness (QED) is 0.387. The standard InChI is InChI=1S/C7H10O/c1-4-6-7(3)8-5-2/h3,5H2,1-2H3. The highest BCUT2D eigenvalue weighted by Crippen LogP contribution is 1.87. The number of hydrogen-bond donors (Lipinski definition) is 0. The lowest BCUT2D eigenvalue weighted by molar-refractivity contribution is 0.248. The van der Waals surface area contributed by atoms with Crippen molar-refractivity contribution >= 4 is 0 Å². The fourth-order valence-electron chi connectivity index (χ4n) is 0.350. The lowest BCUT2D eigenvalue weighted by Gasteiger charge is -1.95. The summed E-state index contributed by atoms with van der Waals surface area (Å²) in [5.41, 5.74) is 0. The molecule has 0 aromatic heterocycles. The molecule has 0 aliphatic rings. The monoisotopic (exact) mass is 110 g/mol. The van der Waals surface area contributed by atoms with Crippen LogP contribution in [0.4, 0.5) is 0 Å². The second-order valence-electron chi connectivity index (χ2n) is 1.23. The lowest BCUT2D eigenvalue weighted by Crippen LogP contribution is -1.84. The number of rotatable bonds is 2. The Hall–Kier alpha value is -0.900. The SMILES string of the molecule is C=C(C#CC)OCC. The van der Waals surface area contributed by atoms with Gasteiger partial charge in [0.1, 0.15) is 0 Å². The molecule has 0 fully saturated rings. The second kappa shape index (κ2) is 4.26. The molecule has 0 N–H and O–H groups in total. The molecule has 0 radical (unpaired) electrons. The molecule has 0 aliphatic carbocycles. The molecule has 0 unspecified atom stereocenters. The summed E-state index contributed by atoms with van der Waals surface area (Å²) in [6.07, 6.45) is 0. The van der Waals surface area contributed by atoms with Crippen molar-refractivity contribution in [2.45, 2.75) is 13.8 Å². The van der Waals surface area contributed by atoms with Gasteiger partial charge in [0.05, 0.1) is 6.61 Å². The third-order valence-electron chi connectivity index (χ3n) is 0.583. The van der Waals surface area contributed by atoms with Crippen LogP contribution in [0.25, 0.3) is 0 Å². The van der Waals surface area contributed by atoms with Crippen LogP contribution in [-0.2, 0) is 4.74 Å². The molecule has 0 aromatic carbocycles. The largest absolute Gasteiger partial charge is 0.486 e. The van der Waals surface area contributed by atoms with Crippen molar-refractivity contribution in [2.75, 3.05) is 6.61 Å². The first-order chi connectivity index (χ1) is 3.81. The van der Waals surface area contributed by atoms with Gasteiger partial charge in [0, 0.05) is 0 Å². The molecule has 0 heterocycles. The molecule has 1 nitrogen and oxygen atoms in total. The van der Waals surface area contributed by atoms with E-state index in [9.17, 15) is 0 Å². The molecule has 0 aromatic rings. The highest BCUT2D eigenvalue weighted by atomic mass is 16.5. The van der Waals surface area contributed by atoms with Crippen LogP contribution in [0, 0.1) is 11.8 Å². The van der Waals surface area contributed by atoms with Gasteiger partial charge in [-0.2, -0.15) is 0 Å². The average molecular weight is 110 g/mol. The third-order valence-corrected chi connectivity index (χ3v) is 0.583. The Morgan fingerprint density at radius 3 is 2.75 bits per heavy atom. The van der Waals surface area contributed by atoms with E-state index in [0.717, 1.165) is 0 Å². The summed E-state index contributed by atoms with van der Waals surface area (Å²) in [4.78, 5) is 0. The minimum absolute atomic E-state index is 0.551. The Morgan fingerprint density at radius 2 is 2.38 bits per heavy atom. The summed E-state index contributed by atoms with van der Waals surface area (Å²) < 4.78 is 4.91. The fraction of sp³-hybridized carbons (Fsp3) is 0.429. The summed E-state index contributed by atoms with van der Waals surface area (Å²) in [5.74, 6) is 5.91. The molecule has 0 amide bonds. The van der Waals surface area contributed by atoms with Gasteiger partial charge in [0.2, 0.25) is 0 Å². The molecule has 0 saturated heterocycles. The molecule has 0 spiro atoms. The van der Waals surface area contributed by atoms with Crippen LogP contribution in [-0.4, -0.2) is 6.61 Å². The van der Waals surface area contributed by atoms with Crippen molar-refractivity contribution in [3.05, 3.63) is 12.3 Å². The van der Waals surface area contributed by atoms with Crippen LogP contribution >= 0.6 is 0 Å². The predicted molar refractivity (Wildman–Crippen MR) is 34.2 cm³/mol. The van der Waals surface area contributed by atoms with Gasteiger partial charge in [-0.15, -0.1) is 0 Å². The average Bonchev–Trinajstić information content (AvgIpc) is 1.68. The van der Waals surface area contributed by atoms with E-state index < -0.39 is 0 Å². The van der Waals surface area contributed by atoms with Crippen LogP contribution in [0.2, 0.25) is 0 Å². The molecule has 1 heteroatoms. The minimum atomic E-state index is 0.551. The van der Waals surface area contributed by atoms with E-state index in [0.29, 0.717) is 12.4 Å². The van der Waals surface area contributed by atoms with Crippen molar-refractivity contribution in [3.8, 4) is 11.8 Å². The van der Waals surface area contributed by atoms with Gasteiger partial charge in [-0.25, -0.2) is 0 Å². The van der Waals surface area contributed by atoms with Gasteiger partial charge in [0.15, 0.2) is 5.76 Å². The van der Waals surface area contributed by atoms with E-state index in [2.05, 4.69) is 18.4 Å². The van der Waals surface area contributed by atoms with E-state index in [1.54, 1.807) is 6.92 Å². The fourth-order valence-corrected chi connectivity index (χ4v) is 0.350. The maximum absolute atomic E-state index is 4.91. The topological polar surface area (TPSA) is 9.23 Å². The van der Waals surface area contributed by atoms with Gasteiger partial charge in [-0.3, -0.25) is 0 Å². The summed E-state index contributed by atoms with van der Waals surface area (Å²) in [5, 5.41) is 0. The van der Waals surface area contributed by atoms with E-state index >= 15 is 0 Å². The van der Waals surface area contributed by atoms with Crippen molar-refractivity contribution in [3.63, 3.8) is 0 Å². The molecule has 0 bridgehead atoms. The highest BCUT2D eigenvalue weighted by molar-refractivity contribution is 5.18. The summed E-state index contributed by atoms with van der Waals surface area (Å²) in [6, 6.07) is 0. The third kappa shape index (κ3) is 3.30. The smallest absolute Gasteiger partial charge is 0.162 e. The summed E-state index contributed by atoms with van der Waals surface area (Å²) >= 11 is 0. The zero-order valence-electron chi connectivity index (χ0n) is 5.32. The first-order valence-corrected chi connectivity index (χ1v) is 2.55. The van der Waals surface area contributed by atoms with Crippen LogP contribution in [0.15, 0.2) is 12.3 Å². The second-order valence-corrected chi connectivity index (χ2v) is 1.23. The van der Waals surface area contributed by atoms with Crippen molar-refractivity contribution in [1.29, 1.82) is 0 Å². The maximum atomic E-state index is 4.91. The summed E-state index contributed by atoms with van der Waals surface area (Å²) in [7, 11) is 0. The van der Waals surface area contributed by atoms with Gasteiger partial charge in [0.25, 0.3) is 0 Å². The van der Waals surface area contributed by atoms with Gasteiger partial charge < -0.3 is 4.74 Å². The van der Waals surface area contributed by atoms with Crippen molar-refractivity contribution in [1.82, 2.24) is 0 Å². The van der Waals surface area contributed by atoms with E-state index in [1.807, 2.05) is 6.92 Å². The zero-order valence-corrected chi connectivity index (χ0v) is 5.32. The highest BCUT2D eigenvalue weighted by Gasteiger charge is 1.79. The molecule has 0 rings (SSSR count). The first-order valence-electron chi connectivity index (χ1n) is 2.55. The Bertz CT molecular complexity index is 125. The van der Waals surface area contributed by atoms with Crippen LogP contribution in [0.5, 0.6) is 0 Å². The molecule has 44 valence electrons. The predicted octanol–water partition coefficient (Wildman–Crippen LogP) is 1.56. The molecular weight excluding hydrogens is 100 g/mol. The normalized spacial score (nSPS) is 6.75. The molecular formula is C7H10O. The van der Waals surface area contributed by atoms with Crippen LogP contribution < -0.4 is 0 Å². The minimum Gasteiger partial charge on any atom is -0.486 e. The van der Waals surface area contributed by atoms with Crippen molar-refractivity contribution in [2.24, 2.45) is 0 Å². The molecule has 0 saturated carbocycles. The van der Waals surface area contributed by atoms with Crippen LogP contribution in [0.1, 0.15) is 13.8 Å². The van der Waals surface area contributed by atoms with Crippen LogP contribution in [0.3, 0.4) is 0 Å². The Balaban J connectivity index is 3.44. The Labute approximate surface area is 50.4 Å². The van der Waals surface area contributed by atoms with Crippen molar-refractivity contribution < 1.29 is 4.74 Å². The van der Waals surface area contributed by atoms with Gasteiger partial charge >= 0.3 is 0 Å². The molecule has 0 atom stereocenters. The van der Waals surface area contributed by atoms with E-state index in [-0.39, 0.29) is 0 Å². The maximum Gasteiger partial charge on any atom is 0.162 e. The van der Waals surface area contributed by atoms with E-state index in [4.69, 9.17) is 4.74 Å². The van der Waals surface area contributed by atoms with Gasteiger partial charge in [-0.1, -0.05) is 5.92 Å². The number of hydrogen-bond acceptors (Lipinski definition) is 1. The van der Waals surface area contributed by atoms with Gasteiger partial charge in [-0.05, 0) is 26.3 Å². The summed E-state index contributed by atoms with van der Waals surface area (Å²) in [6.45, 7) is 7.84. The number of ether oxygens (including phenoxy) is 1. The lowest BCUT2D eigenvalue weighted by atomic mass is 10.5. The Kier molecular flexibility index (Phi) is 3.78. The molecule has 8 heavy (non-hydrogen) atoms. The molecule has 0 aliphatic heterocycles. The zero-order chi connectivity index (χ0) is 6.41. The van der Waals surface area contributed by atoms with E-state index in [1.165, 1.54) is 0 Å². The first kappa shape index (κ1) is 7.10. The Morgan fingerprint density at radius 1 is 1.75 bits per heavy atom. The number of allylic oxidation sites excluding steroid dienone is 1.